The molecule has 6 heteroatoms. The molecule has 0 aliphatic rings. The average Bonchev–Trinajstić information content (AvgIpc) is 2.67. The molecular weight excluding hydrogens is 254 g/mol. The summed E-state index contributed by atoms with van der Waals surface area (Å²) >= 11 is 0. The van der Waals surface area contributed by atoms with Crippen molar-refractivity contribution in [3.8, 4) is 0 Å². The molecule has 6 nitrogen and oxygen atoms in total. The zero-order valence-electron chi connectivity index (χ0n) is 13.9. The highest BCUT2D eigenvalue weighted by atomic mass is 16.5. The second-order valence-electron chi connectivity index (χ2n) is 6.74. The van der Waals surface area contributed by atoms with E-state index in [1.165, 1.54) is 0 Å². The second kappa shape index (κ2) is 6.43. The molecule has 0 amide bonds. The number of hydrogen-bond acceptors (Lipinski definition) is 5. The first kappa shape index (κ1) is 16.8. The van der Waals surface area contributed by atoms with Gasteiger partial charge in [0, 0.05) is 18.6 Å². The van der Waals surface area contributed by atoms with Gasteiger partial charge in [-0.1, -0.05) is 0 Å². The van der Waals surface area contributed by atoms with Crippen LogP contribution in [0.5, 0.6) is 0 Å². The quantitative estimate of drug-likeness (QED) is 0.800. The van der Waals surface area contributed by atoms with Gasteiger partial charge in [0.2, 0.25) is 5.27 Å². The number of nitrogens with two attached hydrogens (primary N) is 1. The minimum absolute atomic E-state index is 0.0619. The third kappa shape index (κ3) is 4.37. The Balaban J connectivity index is 2.82. The van der Waals surface area contributed by atoms with E-state index in [0.717, 1.165) is 13.1 Å². The Morgan fingerprint density at radius 1 is 1.20 bits per heavy atom. The van der Waals surface area contributed by atoms with Gasteiger partial charge >= 0.3 is 0 Å². The monoisotopic (exact) mass is 284 g/mol. The van der Waals surface area contributed by atoms with Gasteiger partial charge in [0.15, 0.2) is 0 Å². The van der Waals surface area contributed by atoms with E-state index in [2.05, 4.69) is 63.6 Å². The van der Waals surface area contributed by atoms with Crippen molar-refractivity contribution in [1.82, 2.24) is 10.2 Å². The van der Waals surface area contributed by atoms with E-state index >= 15 is 0 Å². The van der Waals surface area contributed by atoms with Crippen molar-refractivity contribution in [2.24, 2.45) is 0 Å². The zero-order valence-corrected chi connectivity index (χ0v) is 13.9. The Hall–Kier alpha value is -1.30. The standard InChI is InChI=1S/C14H30N5O/c1-11(2)17(12(3)4)8-9-18(14(5,6)7)19-10-13(15)20-16-19/h10-12H,8-9,15H2,1-7H3/q+1. The molecule has 0 saturated heterocycles. The van der Waals surface area contributed by atoms with Gasteiger partial charge in [0.25, 0.3) is 12.1 Å². The maximum Gasteiger partial charge on any atom is 0.296 e. The van der Waals surface area contributed by atoms with Crippen LogP contribution in [0.25, 0.3) is 0 Å². The van der Waals surface area contributed by atoms with Crippen molar-refractivity contribution in [3.63, 3.8) is 0 Å². The molecule has 0 fully saturated rings. The van der Waals surface area contributed by atoms with Crippen molar-refractivity contribution in [3.05, 3.63) is 6.20 Å². The summed E-state index contributed by atoms with van der Waals surface area (Å²) in [6.45, 7) is 17.2. The lowest BCUT2D eigenvalue weighted by atomic mass is 10.1. The maximum absolute atomic E-state index is 5.63. The molecule has 0 bridgehead atoms. The largest absolute Gasteiger partial charge is 0.362 e. The van der Waals surface area contributed by atoms with Crippen LogP contribution >= 0.6 is 0 Å². The lowest BCUT2D eigenvalue weighted by Crippen LogP contribution is -2.68. The molecule has 2 N–H and O–H groups in total. The molecule has 1 aromatic rings. The minimum atomic E-state index is -0.0619. The van der Waals surface area contributed by atoms with Crippen LogP contribution in [0.15, 0.2) is 10.7 Å². The molecule has 0 unspecified atom stereocenters. The predicted molar refractivity (Wildman–Crippen MR) is 80.9 cm³/mol. The van der Waals surface area contributed by atoms with Crippen molar-refractivity contribution < 1.29 is 9.31 Å². The highest BCUT2D eigenvalue weighted by Gasteiger charge is 2.32. The normalized spacial score (nSPS) is 12.7. The number of aromatic nitrogens is 2. The lowest BCUT2D eigenvalue weighted by molar-refractivity contribution is -0.765. The highest BCUT2D eigenvalue weighted by Crippen LogP contribution is 2.10. The van der Waals surface area contributed by atoms with Crippen LogP contribution < -0.4 is 15.5 Å². The molecule has 0 aliphatic carbocycles. The fraction of sp³-hybridized carbons (Fsp3) is 0.857. The van der Waals surface area contributed by atoms with Crippen LogP contribution in [0.3, 0.4) is 0 Å². The van der Waals surface area contributed by atoms with Crippen molar-refractivity contribution in [1.29, 1.82) is 0 Å². The number of rotatable bonds is 6. The first-order valence-corrected chi connectivity index (χ1v) is 7.30. The van der Waals surface area contributed by atoms with Crippen molar-refractivity contribution in [2.45, 2.75) is 66.1 Å². The molecule has 0 spiro atoms. The first-order valence-electron chi connectivity index (χ1n) is 7.30. The van der Waals surface area contributed by atoms with E-state index in [0.29, 0.717) is 18.0 Å². The Labute approximate surface area is 122 Å². The molecule has 1 heterocycles. The zero-order chi connectivity index (χ0) is 15.5. The van der Waals surface area contributed by atoms with E-state index in [4.69, 9.17) is 10.3 Å². The second-order valence-corrected chi connectivity index (χ2v) is 6.74. The molecular formula is C14H30N5O+. The van der Waals surface area contributed by atoms with Crippen molar-refractivity contribution >= 4 is 5.88 Å². The van der Waals surface area contributed by atoms with Gasteiger partial charge in [-0.25, -0.2) is 0 Å². The van der Waals surface area contributed by atoms with Gasteiger partial charge in [-0.3, -0.25) is 9.42 Å². The van der Waals surface area contributed by atoms with Gasteiger partial charge in [-0.2, -0.15) is 0 Å². The fourth-order valence-corrected chi connectivity index (χ4v) is 2.43. The van der Waals surface area contributed by atoms with Crippen LogP contribution in [0, 0.1) is 0 Å². The van der Waals surface area contributed by atoms with Crippen LogP contribution in [0.4, 0.5) is 5.88 Å². The summed E-state index contributed by atoms with van der Waals surface area (Å²) in [4.78, 5) is 4.16. The van der Waals surface area contributed by atoms with E-state index in [1.54, 1.807) is 11.0 Å². The molecule has 0 atom stereocenters. The smallest absolute Gasteiger partial charge is 0.296 e. The van der Waals surface area contributed by atoms with Crippen LogP contribution in [0.2, 0.25) is 0 Å². The van der Waals surface area contributed by atoms with E-state index in [1.807, 2.05) is 0 Å². The fourth-order valence-electron chi connectivity index (χ4n) is 2.43. The maximum atomic E-state index is 5.63. The molecule has 0 aromatic carbocycles. The van der Waals surface area contributed by atoms with Gasteiger partial charge in [0.1, 0.15) is 0 Å². The molecule has 20 heavy (non-hydrogen) atoms. The van der Waals surface area contributed by atoms with Gasteiger partial charge in [-0.15, -0.1) is 5.01 Å². The number of anilines is 1. The van der Waals surface area contributed by atoms with Crippen LogP contribution in [-0.4, -0.2) is 40.9 Å². The summed E-state index contributed by atoms with van der Waals surface area (Å²) in [6, 6.07) is 1.04. The third-order valence-electron chi connectivity index (χ3n) is 3.39. The van der Waals surface area contributed by atoms with E-state index in [9.17, 15) is 0 Å². The van der Waals surface area contributed by atoms with Crippen molar-refractivity contribution in [2.75, 3.05) is 23.8 Å². The van der Waals surface area contributed by atoms with Gasteiger partial charge < -0.3 is 5.73 Å². The van der Waals surface area contributed by atoms with E-state index in [-0.39, 0.29) is 5.54 Å². The summed E-state index contributed by atoms with van der Waals surface area (Å²) < 4.78 is 4.98. The Morgan fingerprint density at radius 2 is 1.75 bits per heavy atom. The third-order valence-corrected chi connectivity index (χ3v) is 3.39. The summed E-state index contributed by atoms with van der Waals surface area (Å²) in [5, 5.41) is 6.13. The van der Waals surface area contributed by atoms with Gasteiger partial charge in [0.05, 0.1) is 16.9 Å². The molecule has 0 saturated carbocycles. The average molecular weight is 284 g/mol. The summed E-state index contributed by atoms with van der Waals surface area (Å²) in [5.74, 6) is 0.323. The SMILES string of the molecule is CC(C)N(CCN([n+]1cc(N)on1)C(C)(C)C)C(C)C. The van der Waals surface area contributed by atoms with E-state index < -0.39 is 0 Å². The Morgan fingerprint density at radius 3 is 2.10 bits per heavy atom. The Bertz CT molecular complexity index is 400. The molecule has 1 rings (SSSR count). The first-order chi connectivity index (χ1) is 9.12. The molecule has 0 radical (unpaired) electrons. The lowest BCUT2D eigenvalue weighted by Gasteiger charge is -2.34. The minimum Gasteiger partial charge on any atom is -0.362 e. The molecule has 0 aliphatic heterocycles. The topological polar surface area (TPSA) is 62.4 Å². The highest BCUT2D eigenvalue weighted by molar-refractivity contribution is 5.11. The summed E-state index contributed by atoms with van der Waals surface area (Å²) in [5.41, 5.74) is 5.56. The summed E-state index contributed by atoms with van der Waals surface area (Å²) in [7, 11) is 0. The summed E-state index contributed by atoms with van der Waals surface area (Å²) in [6.07, 6.45) is 1.71. The van der Waals surface area contributed by atoms with Gasteiger partial charge in [-0.05, 0) is 48.5 Å². The number of hydrogen-bond donors (Lipinski definition) is 1. The number of nitrogens with zero attached hydrogens (tertiary/aromatic N) is 4. The molecule has 1 aromatic heterocycles. The Kier molecular flexibility index (Phi) is 5.39. The van der Waals surface area contributed by atoms with Crippen LogP contribution in [-0.2, 0) is 0 Å². The van der Waals surface area contributed by atoms with Crippen LogP contribution in [0.1, 0.15) is 48.5 Å². The predicted octanol–water partition coefficient (Wildman–Crippen LogP) is 1.40. The molecule has 116 valence electrons. The number of nitrogen functional groups attached to an aromatic ring is 1.